The van der Waals surface area contributed by atoms with Crippen molar-refractivity contribution in [3.63, 3.8) is 0 Å². The minimum Gasteiger partial charge on any atom is -0.480 e. The van der Waals surface area contributed by atoms with Crippen LogP contribution in [-0.2, 0) is 4.79 Å². The van der Waals surface area contributed by atoms with E-state index in [2.05, 4.69) is 5.32 Å². The number of hydrogen-bond donors (Lipinski definition) is 2. The monoisotopic (exact) mass is 188 g/mol. The topological polar surface area (TPSA) is 69.6 Å². The largest absolute Gasteiger partial charge is 0.480 e. The first-order valence-corrected chi connectivity index (χ1v) is 4.27. The van der Waals surface area contributed by atoms with Crippen molar-refractivity contribution < 1.29 is 14.7 Å². The summed E-state index contributed by atoms with van der Waals surface area (Å²) < 4.78 is 0. The molecular formula is C8H16N2O3. The van der Waals surface area contributed by atoms with Crippen LogP contribution in [0.1, 0.15) is 20.3 Å². The number of rotatable bonds is 4. The SMILES string of the molecule is CC[C@@H](NC(=O)N(C)CC)C(=O)O. The molecule has 1 atom stereocenters. The van der Waals surface area contributed by atoms with Gasteiger partial charge in [0.05, 0.1) is 0 Å². The average molecular weight is 188 g/mol. The molecule has 0 spiro atoms. The van der Waals surface area contributed by atoms with E-state index in [0.29, 0.717) is 13.0 Å². The van der Waals surface area contributed by atoms with Gasteiger partial charge in [-0.1, -0.05) is 6.92 Å². The molecule has 0 aromatic carbocycles. The number of urea groups is 1. The Bertz CT molecular complexity index is 194. The maximum atomic E-state index is 11.2. The zero-order chi connectivity index (χ0) is 10.4. The highest BCUT2D eigenvalue weighted by Crippen LogP contribution is 1.93. The van der Waals surface area contributed by atoms with Crippen molar-refractivity contribution in [1.82, 2.24) is 10.2 Å². The quantitative estimate of drug-likeness (QED) is 0.675. The highest BCUT2D eigenvalue weighted by Gasteiger charge is 2.18. The number of carboxylic acid groups (broad SMARTS) is 1. The summed E-state index contributed by atoms with van der Waals surface area (Å²) in [4.78, 5) is 23.2. The fourth-order valence-electron chi connectivity index (χ4n) is 0.741. The van der Waals surface area contributed by atoms with Crippen LogP contribution >= 0.6 is 0 Å². The second-order valence-corrected chi connectivity index (χ2v) is 2.76. The highest BCUT2D eigenvalue weighted by atomic mass is 16.4. The third-order valence-electron chi connectivity index (χ3n) is 1.83. The van der Waals surface area contributed by atoms with Crippen molar-refractivity contribution in [2.45, 2.75) is 26.3 Å². The van der Waals surface area contributed by atoms with Gasteiger partial charge in [0.15, 0.2) is 0 Å². The first-order chi connectivity index (χ1) is 6.02. The fraction of sp³-hybridized carbons (Fsp3) is 0.750. The lowest BCUT2D eigenvalue weighted by molar-refractivity contribution is -0.139. The van der Waals surface area contributed by atoms with Crippen molar-refractivity contribution in [2.24, 2.45) is 0 Å². The second-order valence-electron chi connectivity index (χ2n) is 2.76. The summed E-state index contributed by atoms with van der Waals surface area (Å²) in [5.41, 5.74) is 0. The normalized spacial score (nSPS) is 11.9. The number of amides is 2. The molecule has 0 radical (unpaired) electrons. The predicted molar refractivity (Wildman–Crippen MR) is 48.6 cm³/mol. The molecule has 2 amide bonds. The van der Waals surface area contributed by atoms with Gasteiger partial charge in [0, 0.05) is 13.6 Å². The van der Waals surface area contributed by atoms with Crippen molar-refractivity contribution >= 4 is 12.0 Å². The Hall–Kier alpha value is -1.26. The number of nitrogens with zero attached hydrogens (tertiary/aromatic N) is 1. The van der Waals surface area contributed by atoms with E-state index in [1.165, 1.54) is 4.90 Å². The van der Waals surface area contributed by atoms with Gasteiger partial charge in [-0.25, -0.2) is 9.59 Å². The lowest BCUT2D eigenvalue weighted by Crippen LogP contribution is -2.46. The van der Waals surface area contributed by atoms with Crippen LogP contribution in [0, 0.1) is 0 Å². The van der Waals surface area contributed by atoms with Gasteiger partial charge >= 0.3 is 12.0 Å². The van der Waals surface area contributed by atoms with Crippen molar-refractivity contribution in [2.75, 3.05) is 13.6 Å². The van der Waals surface area contributed by atoms with Crippen LogP contribution < -0.4 is 5.32 Å². The third-order valence-corrected chi connectivity index (χ3v) is 1.83. The fourth-order valence-corrected chi connectivity index (χ4v) is 0.741. The molecule has 0 unspecified atom stereocenters. The molecule has 0 heterocycles. The Morgan fingerprint density at radius 1 is 1.46 bits per heavy atom. The molecule has 13 heavy (non-hydrogen) atoms. The lowest BCUT2D eigenvalue weighted by atomic mass is 10.2. The van der Waals surface area contributed by atoms with Gasteiger partial charge in [0.2, 0.25) is 0 Å². The van der Waals surface area contributed by atoms with Gasteiger partial charge in [-0.3, -0.25) is 0 Å². The van der Waals surface area contributed by atoms with E-state index in [9.17, 15) is 9.59 Å². The maximum Gasteiger partial charge on any atom is 0.326 e. The number of nitrogens with one attached hydrogen (secondary N) is 1. The molecule has 0 saturated carbocycles. The molecule has 0 rings (SSSR count). The summed E-state index contributed by atoms with van der Waals surface area (Å²) in [7, 11) is 1.61. The van der Waals surface area contributed by atoms with Gasteiger partial charge in [-0.15, -0.1) is 0 Å². The molecule has 0 aliphatic carbocycles. The predicted octanol–water partition coefficient (Wildman–Crippen LogP) is 0.511. The summed E-state index contributed by atoms with van der Waals surface area (Å²) in [5, 5.41) is 11.0. The molecule has 0 aromatic heterocycles. The van der Waals surface area contributed by atoms with E-state index in [-0.39, 0.29) is 6.03 Å². The molecule has 2 N–H and O–H groups in total. The summed E-state index contributed by atoms with van der Waals surface area (Å²) in [5.74, 6) is -1.000. The number of hydrogen-bond acceptors (Lipinski definition) is 2. The zero-order valence-electron chi connectivity index (χ0n) is 8.20. The summed E-state index contributed by atoms with van der Waals surface area (Å²) in [6, 6.07) is -1.14. The Balaban J connectivity index is 4.09. The minimum atomic E-state index is -1.000. The standard InChI is InChI=1S/C8H16N2O3/c1-4-6(7(11)12)9-8(13)10(3)5-2/h6H,4-5H2,1-3H3,(H,9,13)(H,11,12)/t6-/m1/s1. The van der Waals surface area contributed by atoms with Crippen LogP contribution in [0.5, 0.6) is 0 Å². The van der Waals surface area contributed by atoms with Crippen LogP contribution in [0.15, 0.2) is 0 Å². The molecule has 0 aliphatic rings. The smallest absolute Gasteiger partial charge is 0.326 e. The van der Waals surface area contributed by atoms with Crippen LogP contribution in [0.25, 0.3) is 0 Å². The van der Waals surface area contributed by atoms with E-state index in [0.717, 1.165) is 0 Å². The maximum absolute atomic E-state index is 11.2. The molecule has 0 aliphatic heterocycles. The minimum absolute atomic E-state index is 0.350. The Morgan fingerprint density at radius 3 is 2.31 bits per heavy atom. The molecule has 5 nitrogen and oxygen atoms in total. The van der Waals surface area contributed by atoms with Gasteiger partial charge < -0.3 is 15.3 Å². The number of carbonyl (C=O) groups excluding carboxylic acids is 1. The lowest BCUT2D eigenvalue weighted by Gasteiger charge is -2.18. The van der Waals surface area contributed by atoms with Crippen LogP contribution in [-0.4, -0.2) is 41.6 Å². The second kappa shape index (κ2) is 5.40. The van der Waals surface area contributed by atoms with E-state index in [1.807, 2.05) is 6.92 Å². The number of carbonyl (C=O) groups is 2. The van der Waals surface area contributed by atoms with Crippen molar-refractivity contribution in [3.8, 4) is 0 Å². The Labute approximate surface area is 77.7 Å². The van der Waals surface area contributed by atoms with Crippen LogP contribution in [0.2, 0.25) is 0 Å². The molecule has 76 valence electrons. The average Bonchev–Trinajstić information content (AvgIpc) is 2.11. The van der Waals surface area contributed by atoms with E-state index in [4.69, 9.17) is 5.11 Å². The highest BCUT2D eigenvalue weighted by molar-refractivity contribution is 5.82. The van der Waals surface area contributed by atoms with Crippen molar-refractivity contribution in [1.29, 1.82) is 0 Å². The summed E-state index contributed by atoms with van der Waals surface area (Å²) >= 11 is 0. The molecular weight excluding hydrogens is 172 g/mol. The molecule has 0 fully saturated rings. The molecule has 0 bridgehead atoms. The van der Waals surface area contributed by atoms with Gasteiger partial charge in [-0.2, -0.15) is 0 Å². The van der Waals surface area contributed by atoms with E-state index in [1.54, 1.807) is 14.0 Å². The summed E-state index contributed by atoms with van der Waals surface area (Å²) in [6.45, 7) is 4.09. The van der Waals surface area contributed by atoms with Gasteiger partial charge in [0.1, 0.15) is 6.04 Å². The Morgan fingerprint density at radius 2 is 2.00 bits per heavy atom. The van der Waals surface area contributed by atoms with Crippen LogP contribution in [0.4, 0.5) is 4.79 Å². The molecule has 0 aromatic rings. The van der Waals surface area contributed by atoms with Gasteiger partial charge in [0.25, 0.3) is 0 Å². The first kappa shape index (κ1) is 11.7. The first-order valence-electron chi connectivity index (χ1n) is 4.27. The summed E-state index contributed by atoms with van der Waals surface area (Å²) in [6.07, 6.45) is 0.388. The van der Waals surface area contributed by atoms with Gasteiger partial charge in [-0.05, 0) is 13.3 Å². The zero-order valence-corrected chi connectivity index (χ0v) is 8.20. The molecule has 5 heteroatoms. The Kier molecular flexibility index (Phi) is 4.87. The van der Waals surface area contributed by atoms with Crippen LogP contribution in [0.3, 0.4) is 0 Å². The number of carboxylic acids is 1. The van der Waals surface area contributed by atoms with E-state index >= 15 is 0 Å². The number of aliphatic carboxylic acids is 1. The van der Waals surface area contributed by atoms with Crippen molar-refractivity contribution in [3.05, 3.63) is 0 Å². The van der Waals surface area contributed by atoms with E-state index < -0.39 is 12.0 Å². The third kappa shape index (κ3) is 3.78. The molecule has 0 saturated heterocycles.